The van der Waals surface area contributed by atoms with E-state index in [9.17, 15) is 4.79 Å². The zero-order valence-corrected chi connectivity index (χ0v) is 10.1. The smallest absolute Gasteiger partial charge is 0.206 e. The van der Waals surface area contributed by atoms with E-state index in [0.717, 1.165) is 5.56 Å². The third kappa shape index (κ3) is 2.97. The van der Waals surface area contributed by atoms with Crippen molar-refractivity contribution >= 4 is 5.78 Å². The van der Waals surface area contributed by atoms with Crippen LogP contribution in [0.4, 0.5) is 0 Å². The predicted octanol–water partition coefficient (Wildman–Crippen LogP) is 1.05. The lowest BCUT2D eigenvalue weighted by Gasteiger charge is -1.99. The molecule has 17 heavy (non-hydrogen) atoms. The van der Waals surface area contributed by atoms with E-state index in [4.69, 9.17) is 0 Å². The number of pyridine rings is 2. The fraction of sp³-hybridized carbons (Fsp3) is 0.214. The number of nitrogens with zero attached hydrogens (tertiary/aromatic N) is 2. The molecule has 0 N–H and O–H groups in total. The van der Waals surface area contributed by atoms with E-state index in [1.807, 2.05) is 53.1 Å². The molecule has 0 fully saturated rings. The van der Waals surface area contributed by atoms with Gasteiger partial charge in [0.2, 0.25) is 6.54 Å². The lowest BCUT2D eigenvalue weighted by atomic mass is 10.1. The number of aromatic nitrogens is 2. The SMILES string of the molecule is CC(=O)C[n+]1ccc(-c2cc[n+](C)cc2)cc1. The molecule has 2 aromatic heterocycles. The Kier molecular flexibility index (Phi) is 3.28. The van der Waals surface area contributed by atoms with Crippen molar-refractivity contribution in [1.29, 1.82) is 0 Å². The Morgan fingerprint density at radius 3 is 1.94 bits per heavy atom. The summed E-state index contributed by atoms with van der Waals surface area (Å²) in [7, 11) is 2.00. The topological polar surface area (TPSA) is 24.8 Å². The first-order valence-corrected chi connectivity index (χ1v) is 5.59. The van der Waals surface area contributed by atoms with Gasteiger partial charge in [0.25, 0.3) is 0 Å². The van der Waals surface area contributed by atoms with Gasteiger partial charge in [0, 0.05) is 31.2 Å². The van der Waals surface area contributed by atoms with Crippen LogP contribution in [0.25, 0.3) is 11.1 Å². The molecular formula is C14H16N2O+2. The first-order valence-electron chi connectivity index (χ1n) is 5.59. The van der Waals surface area contributed by atoms with Crippen LogP contribution in [0.15, 0.2) is 49.1 Å². The summed E-state index contributed by atoms with van der Waals surface area (Å²) >= 11 is 0. The molecule has 0 aliphatic carbocycles. The summed E-state index contributed by atoms with van der Waals surface area (Å²) in [6, 6.07) is 8.20. The molecule has 0 saturated heterocycles. The molecule has 0 spiro atoms. The molecule has 0 radical (unpaired) electrons. The molecule has 0 amide bonds. The van der Waals surface area contributed by atoms with E-state index in [0.29, 0.717) is 6.54 Å². The van der Waals surface area contributed by atoms with Gasteiger partial charge in [-0.25, -0.2) is 4.57 Å². The van der Waals surface area contributed by atoms with Gasteiger partial charge in [0.1, 0.15) is 7.05 Å². The number of carbonyl (C=O) groups excluding carboxylic acids is 1. The van der Waals surface area contributed by atoms with Crippen molar-refractivity contribution in [3.8, 4) is 11.1 Å². The molecule has 3 nitrogen and oxygen atoms in total. The monoisotopic (exact) mass is 228 g/mol. The fourth-order valence-corrected chi connectivity index (χ4v) is 1.71. The third-order valence-corrected chi connectivity index (χ3v) is 2.61. The first kappa shape index (κ1) is 11.5. The van der Waals surface area contributed by atoms with E-state index in [2.05, 4.69) is 12.1 Å². The van der Waals surface area contributed by atoms with Gasteiger partial charge in [0.15, 0.2) is 30.6 Å². The quantitative estimate of drug-likeness (QED) is 0.721. The first-order chi connectivity index (χ1) is 8.15. The molecule has 0 bridgehead atoms. The summed E-state index contributed by atoms with van der Waals surface area (Å²) in [6.07, 6.45) is 7.91. The Balaban J connectivity index is 2.23. The van der Waals surface area contributed by atoms with Crippen LogP contribution in [-0.2, 0) is 18.4 Å². The van der Waals surface area contributed by atoms with Crippen molar-refractivity contribution < 1.29 is 13.9 Å². The average molecular weight is 228 g/mol. The number of hydrogen-bond donors (Lipinski definition) is 0. The zero-order valence-electron chi connectivity index (χ0n) is 10.1. The van der Waals surface area contributed by atoms with Gasteiger partial charge in [-0.2, -0.15) is 4.57 Å². The molecule has 0 aromatic carbocycles. The van der Waals surface area contributed by atoms with Gasteiger partial charge in [-0.15, -0.1) is 0 Å². The number of hydrogen-bond acceptors (Lipinski definition) is 1. The summed E-state index contributed by atoms with van der Waals surface area (Å²) < 4.78 is 3.89. The second kappa shape index (κ2) is 4.87. The Morgan fingerprint density at radius 1 is 1.00 bits per heavy atom. The molecule has 86 valence electrons. The number of ketones is 1. The summed E-state index contributed by atoms with van der Waals surface area (Å²) in [5.74, 6) is 0.162. The van der Waals surface area contributed by atoms with Crippen LogP contribution in [0.3, 0.4) is 0 Å². The van der Waals surface area contributed by atoms with Gasteiger partial charge in [-0.05, 0) is 11.1 Å². The van der Waals surface area contributed by atoms with Crippen molar-refractivity contribution in [2.45, 2.75) is 13.5 Å². The standard InChI is InChI=1S/C14H16N2O/c1-12(17)11-16-9-5-14(6-10-16)13-3-7-15(2)8-4-13/h3-10H,11H2,1-2H3/q+2. The number of Topliss-reactive ketones (excluding diaryl/α,β-unsaturated/α-hetero) is 1. The van der Waals surface area contributed by atoms with E-state index in [1.54, 1.807) is 6.92 Å². The van der Waals surface area contributed by atoms with E-state index < -0.39 is 0 Å². The van der Waals surface area contributed by atoms with Crippen molar-refractivity contribution in [2.24, 2.45) is 7.05 Å². The highest BCUT2D eigenvalue weighted by atomic mass is 16.1. The normalized spacial score (nSPS) is 10.2. The molecule has 2 aromatic rings. The summed E-state index contributed by atoms with van der Waals surface area (Å²) in [5.41, 5.74) is 2.34. The molecule has 0 saturated carbocycles. The van der Waals surface area contributed by atoms with Crippen LogP contribution >= 0.6 is 0 Å². The number of aryl methyl sites for hydroxylation is 1. The van der Waals surface area contributed by atoms with Gasteiger partial charge in [-0.1, -0.05) is 0 Å². The molecule has 0 unspecified atom stereocenters. The van der Waals surface area contributed by atoms with Crippen molar-refractivity contribution in [3.63, 3.8) is 0 Å². The van der Waals surface area contributed by atoms with Crippen molar-refractivity contribution in [2.75, 3.05) is 0 Å². The Morgan fingerprint density at radius 2 is 1.47 bits per heavy atom. The molecule has 2 heterocycles. The highest BCUT2D eigenvalue weighted by molar-refractivity contribution is 5.73. The lowest BCUT2D eigenvalue weighted by Crippen LogP contribution is -2.35. The third-order valence-electron chi connectivity index (χ3n) is 2.61. The van der Waals surface area contributed by atoms with Gasteiger partial charge in [0.05, 0.1) is 0 Å². The highest BCUT2D eigenvalue weighted by Crippen LogP contribution is 2.15. The zero-order chi connectivity index (χ0) is 12.3. The Labute approximate surface area is 101 Å². The van der Waals surface area contributed by atoms with E-state index >= 15 is 0 Å². The largest absolute Gasteiger partial charge is 0.293 e. The van der Waals surface area contributed by atoms with Crippen LogP contribution in [0.5, 0.6) is 0 Å². The molecule has 0 atom stereocenters. The van der Waals surface area contributed by atoms with Crippen molar-refractivity contribution in [3.05, 3.63) is 49.1 Å². The van der Waals surface area contributed by atoms with Crippen LogP contribution in [-0.4, -0.2) is 5.78 Å². The van der Waals surface area contributed by atoms with Crippen molar-refractivity contribution in [1.82, 2.24) is 0 Å². The summed E-state index contributed by atoms with van der Waals surface area (Å²) in [5, 5.41) is 0. The second-order valence-corrected chi connectivity index (χ2v) is 4.21. The molecule has 0 aliphatic rings. The predicted molar refractivity (Wildman–Crippen MR) is 63.9 cm³/mol. The maximum absolute atomic E-state index is 11.0. The van der Waals surface area contributed by atoms with E-state index in [-0.39, 0.29) is 5.78 Å². The minimum Gasteiger partial charge on any atom is -0.293 e. The molecule has 2 rings (SSSR count). The van der Waals surface area contributed by atoms with Crippen LogP contribution in [0, 0.1) is 0 Å². The number of rotatable bonds is 3. The van der Waals surface area contributed by atoms with Gasteiger partial charge >= 0.3 is 0 Å². The molecule has 3 heteroatoms. The Hall–Kier alpha value is -2.03. The van der Waals surface area contributed by atoms with Crippen LogP contribution in [0.1, 0.15) is 6.92 Å². The number of carbonyl (C=O) groups is 1. The minimum absolute atomic E-state index is 0.162. The minimum atomic E-state index is 0.162. The molecule has 0 aliphatic heterocycles. The maximum Gasteiger partial charge on any atom is 0.206 e. The fourth-order valence-electron chi connectivity index (χ4n) is 1.71. The van der Waals surface area contributed by atoms with E-state index in [1.165, 1.54) is 5.56 Å². The average Bonchev–Trinajstić information content (AvgIpc) is 2.30. The van der Waals surface area contributed by atoms with Crippen LogP contribution < -0.4 is 9.13 Å². The van der Waals surface area contributed by atoms with Gasteiger partial charge in [-0.3, -0.25) is 4.79 Å². The summed E-state index contributed by atoms with van der Waals surface area (Å²) in [6.45, 7) is 2.03. The van der Waals surface area contributed by atoms with Gasteiger partial charge < -0.3 is 0 Å². The highest BCUT2D eigenvalue weighted by Gasteiger charge is 2.05. The maximum atomic E-state index is 11.0. The molecular weight excluding hydrogens is 212 g/mol. The Bertz CT molecular complexity index is 515. The summed E-state index contributed by atoms with van der Waals surface area (Å²) in [4.78, 5) is 11.0. The lowest BCUT2D eigenvalue weighted by molar-refractivity contribution is -0.684. The second-order valence-electron chi connectivity index (χ2n) is 4.21. The van der Waals surface area contributed by atoms with Crippen LogP contribution in [0.2, 0.25) is 0 Å².